The lowest BCUT2D eigenvalue weighted by Gasteiger charge is -2.16. The van der Waals surface area contributed by atoms with Crippen LogP contribution in [0.2, 0.25) is 0 Å². The van der Waals surface area contributed by atoms with Gasteiger partial charge in [0.1, 0.15) is 0 Å². The fraction of sp³-hybridized carbons (Fsp3) is 0. The van der Waals surface area contributed by atoms with Crippen LogP contribution in [0.5, 0.6) is 0 Å². The van der Waals surface area contributed by atoms with Crippen LogP contribution in [0.1, 0.15) is 0 Å². The zero-order chi connectivity index (χ0) is 42.1. The monoisotopic (exact) mass is 816 g/mol. The standard InChI is InChI=1S/C58H36N6/c1-5-18-37(19-6-1)55-52-45-29-14-13-28-44(45)46-35-41(47-30-15-16-33-59-47)36-50-51(46)53-48(31-32-49(54(52)53)64(55)42-25-11-4-12-26-42)63(50)43-27-17-24-40(34-43)58-61-56(38-20-7-2-8-21-38)60-57(62-58)39-22-9-3-10-23-39/h1-36H. The van der Waals surface area contributed by atoms with Gasteiger partial charge in [-0.3, -0.25) is 4.98 Å². The average molecular weight is 817 g/mol. The molecule has 8 aromatic carbocycles. The first-order valence-electron chi connectivity index (χ1n) is 21.6. The summed E-state index contributed by atoms with van der Waals surface area (Å²) < 4.78 is 4.89. The van der Waals surface area contributed by atoms with Gasteiger partial charge in [0.15, 0.2) is 17.5 Å². The lowest BCUT2D eigenvalue weighted by molar-refractivity contribution is 1.07. The number of nitrogens with zero attached hydrogens (tertiary/aromatic N) is 6. The van der Waals surface area contributed by atoms with Crippen LogP contribution < -0.4 is 0 Å². The Morgan fingerprint density at radius 2 is 0.859 bits per heavy atom. The summed E-state index contributed by atoms with van der Waals surface area (Å²) >= 11 is 0. The molecule has 12 aromatic rings. The second-order valence-corrected chi connectivity index (χ2v) is 16.2. The Bertz CT molecular complexity index is 3690. The zero-order valence-electron chi connectivity index (χ0n) is 34.5. The third-order valence-electron chi connectivity index (χ3n) is 12.5. The molecular formula is C58H36N6. The Hall–Kier alpha value is -8.74. The van der Waals surface area contributed by atoms with Gasteiger partial charge in [0.2, 0.25) is 0 Å². The van der Waals surface area contributed by atoms with Crippen molar-refractivity contribution in [2.24, 2.45) is 0 Å². The minimum absolute atomic E-state index is 0.609. The molecule has 0 aliphatic heterocycles. The Morgan fingerprint density at radius 3 is 1.52 bits per heavy atom. The fourth-order valence-electron chi connectivity index (χ4n) is 9.81. The largest absolute Gasteiger partial charge is 0.309 e. The molecule has 6 nitrogen and oxygen atoms in total. The summed E-state index contributed by atoms with van der Waals surface area (Å²) in [6.07, 6.45) is 1.88. The number of para-hydroxylation sites is 1. The van der Waals surface area contributed by atoms with E-state index in [1.807, 2.05) is 72.9 Å². The highest BCUT2D eigenvalue weighted by molar-refractivity contribution is 6.32. The van der Waals surface area contributed by atoms with Crippen molar-refractivity contribution >= 4 is 32.7 Å². The Balaban J connectivity index is 1.15. The molecule has 4 aromatic heterocycles. The van der Waals surface area contributed by atoms with Crippen LogP contribution in [-0.4, -0.2) is 29.1 Å². The molecule has 6 heteroatoms. The fourth-order valence-corrected chi connectivity index (χ4v) is 9.81. The van der Waals surface area contributed by atoms with Gasteiger partial charge < -0.3 is 9.13 Å². The van der Waals surface area contributed by atoms with Crippen LogP contribution in [0.3, 0.4) is 0 Å². The molecule has 0 fully saturated rings. The molecule has 0 atom stereocenters. The predicted molar refractivity (Wildman–Crippen MR) is 260 cm³/mol. The van der Waals surface area contributed by atoms with Crippen molar-refractivity contribution in [1.29, 1.82) is 0 Å². The summed E-state index contributed by atoms with van der Waals surface area (Å²) in [5.41, 5.74) is 17.3. The summed E-state index contributed by atoms with van der Waals surface area (Å²) in [5.74, 6) is 1.87. The van der Waals surface area contributed by atoms with E-state index in [1.54, 1.807) is 0 Å². The molecule has 1 aliphatic carbocycles. The molecule has 4 heterocycles. The molecule has 298 valence electrons. The SMILES string of the molecule is c1ccc(-c2nc(-c3ccccc3)nc(-c3cccc(-n4c5cc(-c6ccccn6)cc6c5c5c7c(c(-c8ccccc8)n(-c8ccccc8)c7ccc54)-c4ccccc4-6)c3)n2)cc1. The van der Waals surface area contributed by atoms with Crippen LogP contribution in [0, 0.1) is 0 Å². The van der Waals surface area contributed by atoms with Crippen LogP contribution in [-0.2, 0) is 0 Å². The molecule has 0 saturated carbocycles. The van der Waals surface area contributed by atoms with Crippen molar-refractivity contribution < 1.29 is 0 Å². The Morgan fingerprint density at radius 1 is 0.312 bits per heavy atom. The maximum Gasteiger partial charge on any atom is 0.164 e. The smallest absolute Gasteiger partial charge is 0.164 e. The molecule has 0 N–H and O–H groups in total. The van der Waals surface area contributed by atoms with Crippen molar-refractivity contribution in [3.8, 4) is 90.3 Å². The van der Waals surface area contributed by atoms with Crippen LogP contribution in [0.4, 0.5) is 0 Å². The van der Waals surface area contributed by atoms with E-state index in [-0.39, 0.29) is 0 Å². The van der Waals surface area contributed by atoms with E-state index < -0.39 is 0 Å². The van der Waals surface area contributed by atoms with E-state index in [1.165, 1.54) is 44.1 Å². The lowest BCUT2D eigenvalue weighted by Crippen LogP contribution is -2.01. The van der Waals surface area contributed by atoms with Crippen molar-refractivity contribution in [2.75, 3.05) is 0 Å². The van der Waals surface area contributed by atoms with Gasteiger partial charge in [0.05, 0.1) is 27.9 Å². The minimum atomic E-state index is 0.609. The summed E-state index contributed by atoms with van der Waals surface area (Å²) in [6, 6.07) is 74.9. The maximum atomic E-state index is 5.13. The lowest BCUT2D eigenvalue weighted by atomic mass is 9.91. The molecule has 0 unspecified atom stereocenters. The Kier molecular flexibility index (Phi) is 8.11. The van der Waals surface area contributed by atoms with Gasteiger partial charge in [-0.1, -0.05) is 152 Å². The van der Waals surface area contributed by atoms with Gasteiger partial charge in [0, 0.05) is 61.5 Å². The van der Waals surface area contributed by atoms with Crippen LogP contribution >= 0.6 is 0 Å². The second kappa shape index (κ2) is 14.4. The minimum Gasteiger partial charge on any atom is -0.309 e. The van der Waals surface area contributed by atoms with E-state index in [0.717, 1.165) is 61.4 Å². The number of fused-ring (bicyclic) bond motifs is 3. The molecule has 0 bridgehead atoms. The number of rotatable bonds is 7. The van der Waals surface area contributed by atoms with Crippen molar-refractivity contribution in [3.05, 3.63) is 219 Å². The second-order valence-electron chi connectivity index (χ2n) is 16.2. The van der Waals surface area contributed by atoms with E-state index >= 15 is 0 Å². The highest BCUT2D eigenvalue weighted by Crippen LogP contribution is 2.55. The maximum absolute atomic E-state index is 5.13. The van der Waals surface area contributed by atoms with Gasteiger partial charge >= 0.3 is 0 Å². The number of hydrogen-bond donors (Lipinski definition) is 0. The van der Waals surface area contributed by atoms with Gasteiger partial charge in [0.25, 0.3) is 0 Å². The molecule has 0 saturated heterocycles. The third kappa shape index (κ3) is 5.59. The van der Waals surface area contributed by atoms with Gasteiger partial charge in [-0.2, -0.15) is 0 Å². The quantitative estimate of drug-likeness (QED) is 0.161. The molecule has 0 amide bonds. The molecule has 0 radical (unpaired) electrons. The summed E-state index contributed by atoms with van der Waals surface area (Å²) in [6.45, 7) is 0. The van der Waals surface area contributed by atoms with Gasteiger partial charge in [-0.15, -0.1) is 0 Å². The molecule has 64 heavy (non-hydrogen) atoms. The average Bonchev–Trinajstić information content (AvgIpc) is 3.86. The van der Waals surface area contributed by atoms with Gasteiger partial charge in [-0.05, 0) is 82.9 Å². The van der Waals surface area contributed by atoms with E-state index in [4.69, 9.17) is 19.9 Å². The molecule has 13 rings (SSSR count). The van der Waals surface area contributed by atoms with Crippen molar-refractivity contribution in [1.82, 2.24) is 29.1 Å². The van der Waals surface area contributed by atoms with E-state index in [0.29, 0.717) is 17.5 Å². The van der Waals surface area contributed by atoms with Crippen molar-refractivity contribution in [2.45, 2.75) is 0 Å². The number of hydrogen-bond acceptors (Lipinski definition) is 4. The zero-order valence-corrected chi connectivity index (χ0v) is 34.5. The van der Waals surface area contributed by atoms with E-state index in [9.17, 15) is 0 Å². The Labute approximate surface area is 369 Å². The predicted octanol–water partition coefficient (Wildman–Crippen LogP) is 14.3. The molecular weight excluding hydrogens is 781 g/mol. The van der Waals surface area contributed by atoms with Crippen LogP contribution in [0.15, 0.2) is 219 Å². The number of aromatic nitrogens is 6. The first kappa shape index (κ1) is 36.0. The summed E-state index contributed by atoms with van der Waals surface area (Å²) in [5, 5.41) is 3.66. The topological polar surface area (TPSA) is 61.4 Å². The first-order chi connectivity index (χ1) is 31.8. The molecule has 0 spiro atoms. The third-order valence-corrected chi connectivity index (χ3v) is 12.5. The summed E-state index contributed by atoms with van der Waals surface area (Å²) in [7, 11) is 0. The number of pyridine rings is 1. The summed E-state index contributed by atoms with van der Waals surface area (Å²) in [4.78, 5) is 20.1. The van der Waals surface area contributed by atoms with Crippen LogP contribution in [0.25, 0.3) is 123 Å². The molecule has 1 aliphatic rings. The highest BCUT2D eigenvalue weighted by Gasteiger charge is 2.31. The van der Waals surface area contributed by atoms with Gasteiger partial charge in [-0.25, -0.2) is 15.0 Å². The normalized spacial score (nSPS) is 11.8. The highest BCUT2D eigenvalue weighted by atomic mass is 15.0. The van der Waals surface area contributed by atoms with E-state index in [2.05, 4.69) is 155 Å². The van der Waals surface area contributed by atoms with Crippen molar-refractivity contribution in [3.63, 3.8) is 0 Å². The first-order valence-corrected chi connectivity index (χ1v) is 21.6. The number of benzene rings is 8.